The van der Waals surface area contributed by atoms with Crippen LogP contribution in [-0.2, 0) is 6.54 Å². The first-order chi connectivity index (χ1) is 17.7. The van der Waals surface area contributed by atoms with Gasteiger partial charge in [0.1, 0.15) is 23.9 Å². The summed E-state index contributed by atoms with van der Waals surface area (Å²) in [5.74, 6) is 2.62. The van der Waals surface area contributed by atoms with Crippen molar-refractivity contribution in [2.24, 2.45) is 4.99 Å². The molecule has 0 N–H and O–H groups in total. The van der Waals surface area contributed by atoms with Crippen LogP contribution in [0, 0.1) is 0 Å². The quantitative estimate of drug-likeness (QED) is 0.309. The molecule has 1 fully saturated rings. The van der Waals surface area contributed by atoms with Gasteiger partial charge in [0.2, 0.25) is 5.95 Å². The second-order valence-electron chi connectivity index (χ2n) is 8.66. The molecule has 1 saturated heterocycles. The van der Waals surface area contributed by atoms with Gasteiger partial charge in [-0.3, -0.25) is 14.5 Å². The molecule has 0 saturated carbocycles. The first-order valence-corrected chi connectivity index (χ1v) is 13.8. The van der Waals surface area contributed by atoms with Gasteiger partial charge < -0.3 is 9.64 Å². The highest BCUT2D eigenvalue weighted by Crippen LogP contribution is 2.38. The highest BCUT2D eigenvalue weighted by atomic mass is 79.9. The van der Waals surface area contributed by atoms with Crippen molar-refractivity contribution in [1.29, 1.82) is 0 Å². The smallest absolute Gasteiger partial charge is 0.232 e. The van der Waals surface area contributed by atoms with Crippen molar-refractivity contribution in [3.63, 3.8) is 0 Å². The summed E-state index contributed by atoms with van der Waals surface area (Å²) in [6.45, 7) is 5.68. The van der Waals surface area contributed by atoms with Crippen molar-refractivity contribution in [2.45, 2.75) is 6.54 Å². The third-order valence-electron chi connectivity index (χ3n) is 6.44. The van der Waals surface area contributed by atoms with E-state index in [1.807, 2.05) is 54.6 Å². The lowest BCUT2D eigenvalue weighted by Crippen LogP contribution is -2.48. The van der Waals surface area contributed by atoms with E-state index in [0.717, 1.165) is 75.9 Å². The number of hydrogen-bond acceptors (Lipinski definition) is 7. The molecule has 0 aliphatic carbocycles. The fourth-order valence-electron chi connectivity index (χ4n) is 4.61. The summed E-state index contributed by atoms with van der Waals surface area (Å²) in [6.07, 6.45) is 0. The summed E-state index contributed by atoms with van der Waals surface area (Å²) in [6, 6.07) is 19.9. The number of hydrogen-bond donors (Lipinski definition) is 0. The van der Waals surface area contributed by atoms with Gasteiger partial charge in [0, 0.05) is 48.9 Å². The minimum atomic E-state index is 0.448. The molecule has 2 aliphatic heterocycles. The second-order valence-corrected chi connectivity index (χ2v) is 11.5. The lowest BCUT2D eigenvalue weighted by atomic mass is 10.0. The van der Waals surface area contributed by atoms with E-state index in [9.17, 15) is 0 Å². The average Bonchev–Trinajstić information content (AvgIpc) is 3.46. The fourth-order valence-corrected chi connectivity index (χ4v) is 6.43. The van der Waals surface area contributed by atoms with Gasteiger partial charge in [0.15, 0.2) is 5.82 Å². The fraction of sp³-hybridized carbons (Fsp3) is 0.269. The van der Waals surface area contributed by atoms with E-state index >= 15 is 0 Å². The standard InChI is InChI=1S/C26H24BrClN6OS/c27-22-16-20-24(19-8-4-5-9-21(19)28)29-17-23-30-31-26(34(23)25(20)36-22)33-12-10-32(11-13-33)14-15-35-18-6-2-1-3-7-18/h1-9,16H,10-15,17H2. The Morgan fingerprint density at radius 1 is 0.944 bits per heavy atom. The van der Waals surface area contributed by atoms with Gasteiger partial charge in [0.05, 0.1) is 9.50 Å². The molecule has 184 valence electrons. The number of fused-ring (bicyclic) bond motifs is 3. The maximum Gasteiger partial charge on any atom is 0.232 e. The number of aliphatic imine (C=N–C) groups is 1. The Balaban J connectivity index is 1.20. The Bertz CT molecular complexity index is 1400. The molecular formula is C26H24BrClN6OS. The van der Waals surface area contributed by atoms with Crippen LogP contribution < -0.4 is 9.64 Å². The van der Waals surface area contributed by atoms with Crippen LogP contribution in [0.1, 0.15) is 17.0 Å². The van der Waals surface area contributed by atoms with Crippen LogP contribution in [0.5, 0.6) is 5.75 Å². The Hall–Kier alpha value is -2.72. The summed E-state index contributed by atoms with van der Waals surface area (Å²) in [5.41, 5.74) is 2.85. The van der Waals surface area contributed by atoms with Gasteiger partial charge in [-0.15, -0.1) is 21.5 Å². The molecule has 0 atom stereocenters. The van der Waals surface area contributed by atoms with E-state index in [4.69, 9.17) is 21.3 Å². The third-order valence-corrected chi connectivity index (χ3v) is 8.39. The molecule has 0 unspecified atom stereocenters. The normalized spacial score (nSPS) is 15.7. The highest BCUT2D eigenvalue weighted by Gasteiger charge is 2.29. The number of aromatic nitrogens is 3. The largest absolute Gasteiger partial charge is 0.492 e. The topological polar surface area (TPSA) is 58.8 Å². The maximum absolute atomic E-state index is 6.56. The van der Waals surface area contributed by atoms with E-state index in [0.29, 0.717) is 18.2 Å². The minimum Gasteiger partial charge on any atom is -0.492 e. The molecule has 0 amide bonds. The van der Waals surface area contributed by atoms with Gasteiger partial charge in [-0.1, -0.05) is 48.0 Å². The van der Waals surface area contributed by atoms with Crippen LogP contribution in [-0.4, -0.2) is 64.7 Å². The number of thiophene rings is 1. The zero-order valence-corrected chi connectivity index (χ0v) is 22.6. The summed E-state index contributed by atoms with van der Waals surface area (Å²) in [5, 5.41) is 10.9. The molecule has 0 radical (unpaired) electrons. The van der Waals surface area contributed by atoms with Crippen LogP contribution >= 0.6 is 38.9 Å². The molecule has 10 heteroatoms. The van der Waals surface area contributed by atoms with Gasteiger partial charge in [-0.05, 0) is 40.2 Å². The third kappa shape index (κ3) is 4.68. The Morgan fingerprint density at radius 3 is 2.53 bits per heavy atom. The second kappa shape index (κ2) is 10.3. The van der Waals surface area contributed by atoms with Gasteiger partial charge in [-0.2, -0.15) is 0 Å². The van der Waals surface area contributed by atoms with Crippen LogP contribution in [0.2, 0.25) is 5.02 Å². The van der Waals surface area contributed by atoms with E-state index in [-0.39, 0.29) is 0 Å². The summed E-state index contributed by atoms with van der Waals surface area (Å²) in [4.78, 5) is 9.69. The van der Waals surface area contributed by atoms with E-state index < -0.39 is 0 Å². The Morgan fingerprint density at radius 2 is 1.72 bits per heavy atom. The SMILES string of the molecule is Clc1ccccc1C1=NCc2nnc(N3CCN(CCOc4ccccc4)CC3)n2-c2sc(Br)cc21. The molecule has 4 aromatic rings. The average molecular weight is 584 g/mol. The Kier molecular flexibility index (Phi) is 6.79. The van der Waals surface area contributed by atoms with Crippen LogP contribution in [0.3, 0.4) is 0 Å². The predicted molar refractivity (Wildman–Crippen MR) is 148 cm³/mol. The number of ether oxygens (including phenoxy) is 1. The Labute approximate surface area is 227 Å². The zero-order chi connectivity index (χ0) is 24.5. The molecule has 4 heterocycles. The predicted octanol–water partition coefficient (Wildman–Crippen LogP) is 5.30. The number of benzene rings is 2. The van der Waals surface area contributed by atoms with Crippen molar-refractivity contribution in [3.05, 3.63) is 86.4 Å². The first kappa shape index (κ1) is 23.7. The summed E-state index contributed by atoms with van der Waals surface area (Å²) >= 11 is 11.9. The molecule has 0 bridgehead atoms. The van der Waals surface area contributed by atoms with Crippen molar-refractivity contribution < 1.29 is 4.74 Å². The zero-order valence-electron chi connectivity index (χ0n) is 19.5. The highest BCUT2D eigenvalue weighted by molar-refractivity contribution is 9.11. The lowest BCUT2D eigenvalue weighted by molar-refractivity contribution is 0.200. The number of halogens is 2. The van der Waals surface area contributed by atoms with Crippen molar-refractivity contribution >= 4 is 50.5 Å². The molecule has 2 aliphatic rings. The molecule has 7 nitrogen and oxygen atoms in total. The molecule has 6 rings (SSSR count). The van der Waals surface area contributed by atoms with Crippen LogP contribution in [0.25, 0.3) is 5.00 Å². The number of rotatable bonds is 6. The van der Waals surface area contributed by atoms with Crippen LogP contribution in [0.4, 0.5) is 5.95 Å². The molecular weight excluding hydrogens is 560 g/mol. The van der Waals surface area contributed by atoms with E-state index in [2.05, 4.69) is 46.6 Å². The summed E-state index contributed by atoms with van der Waals surface area (Å²) < 4.78 is 9.09. The van der Waals surface area contributed by atoms with Gasteiger partial charge in [-0.25, -0.2) is 0 Å². The van der Waals surface area contributed by atoms with Crippen LogP contribution in [0.15, 0.2) is 69.4 Å². The van der Waals surface area contributed by atoms with Crippen molar-refractivity contribution in [2.75, 3.05) is 44.2 Å². The summed E-state index contributed by atoms with van der Waals surface area (Å²) in [7, 11) is 0. The molecule has 2 aromatic carbocycles. The number of para-hydroxylation sites is 1. The van der Waals surface area contributed by atoms with Crippen molar-refractivity contribution in [1.82, 2.24) is 19.7 Å². The van der Waals surface area contributed by atoms with Gasteiger partial charge >= 0.3 is 0 Å². The van der Waals surface area contributed by atoms with Gasteiger partial charge in [0.25, 0.3) is 0 Å². The number of piperazine rings is 1. The lowest BCUT2D eigenvalue weighted by Gasteiger charge is -2.35. The maximum atomic E-state index is 6.56. The molecule has 36 heavy (non-hydrogen) atoms. The van der Waals surface area contributed by atoms with E-state index in [1.165, 1.54) is 0 Å². The molecule has 0 spiro atoms. The number of nitrogens with zero attached hydrogens (tertiary/aromatic N) is 6. The monoisotopic (exact) mass is 582 g/mol. The molecule has 2 aromatic heterocycles. The minimum absolute atomic E-state index is 0.448. The van der Waals surface area contributed by atoms with E-state index in [1.54, 1.807) is 11.3 Å². The first-order valence-electron chi connectivity index (χ1n) is 11.9. The number of anilines is 1. The van der Waals surface area contributed by atoms with Crippen molar-refractivity contribution in [3.8, 4) is 10.8 Å².